The van der Waals surface area contributed by atoms with Gasteiger partial charge in [0.15, 0.2) is 5.96 Å². The minimum Gasteiger partial charge on any atom is -0.382 e. The summed E-state index contributed by atoms with van der Waals surface area (Å²) in [4.78, 5) is 6.82. The van der Waals surface area contributed by atoms with Crippen molar-refractivity contribution in [1.82, 2.24) is 15.5 Å². The van der Waals surface area contributed by atoms with Crippen LogP contribution >= 0.6 is 24.0 Å². The zero-order valence-corrected chi connectivity index (χ0v) is 16.2. The van der Waals surface area contributed by atoms with Gasteiger partial charge in [-0.25, -0.2) is 0 Å². The molecule has 1 aliphatic rings. The molecule has 1 aliphatic heterocycles. The minimum absolute atomic E-state index is 0. The van der Waals surface area contributed by atoms with Crippen molar-refractivity contribution in [2.24, 2.45) is 10.9 Å². The first kappa shape index (κ1) is 20.9. The van der Waals surface area contributed by atoms with Crippen molar-refractivity contribution in [3.8, 4) is 0 Å². The van der Waals surface area contributed by atoms with Crippen molar-refractivity contribution in [3.63, 3.8) is 0 Å². The van der Waals surface area contributed by atoms with Crippen LogP contribution in [0.25, 0.3) is 0 Å². The van der Waals surface area contributed by atoms with E-state index in [0.29, 0.717) is 0 Å². The molecule has 1 fully saturated rings. The van der Waals surface area contributed by atoms with Gasteiger partial charge in [-0.2, -0.15) is 0 Å². The summed E-state index contributed by atoms with van der Waals surface area (Å²) in [6, 6.07) is 0. The number of aliphatic imine (C=N–C) groups is 1. The molecular formula is C15H33IN4O. The minimum atomic E-state index is 0. The van der Waals surface area contributed by atoms with E-state index >= 15 is 0 Å². The SMILES string of the molecule is CCCN1CCC(CNC(=NC)NCCCOCC)C1.I. The molecule has 0 spiro atoms. The molecule has 126 valence electrons. The monoisotopic (exact) mass is 412 g/mol. The van der Waals surface area contributed by atoms with Crippen LogP contribution in [0.4, 0.5) is 0 Å². The van der Waals surface area contributed by atoms with Crippen LogP contribution in [0.15, 0.2) is 4.99 Å². The first-order valence-electron chi connectivity index (χ1n) is 8.04. The topological polar surface area (TPSA) is 48.9 Å². The highest BCUT2D eigenvalue weighted by Gasteiger charge is 2.21. The third kappa shape index (κ3) is 9.52. The Kier molecular flexibility index (Phi) is 13.5. The maximum absolute atomic E-state index is 5.32. The van der Waals surface area contributed by atoms with Crippen LogP contribution in [-0.4, -0.2) is 63.8 Å². The van der Waals surface area contributed by atoms with Crippen molar-refractivity contribution in [2.45, 2.75) is 33.1 Å². The predicted molar refractivity (Wildman–Crippen MR) is 101 cm³/mol. The Balaban J connectivity index is 0.00000400. The molecule has 0 aromatic carbocycles. The average molecular weight is 412 g/mol. The van der Waals surface area contributed by atoms with Gasteiger partial charge in [-0.15, -0.1) is 24.0 Å². The van der Waals surface area contributed by atoms with Crippen LogP contribution in [0.5, 0.6) is 0 Å². The van der Waals surface area contributed by atoms with Crippen molar-refractivity contribution >= 4 is 29.9 Å². The van der Waals surface area contributed by atoms with E-state index in [4.69, 9.17) is 4.74 Å². The number of rotatable bonds is 9. The zero-order chi connectivity index (χ0) is 14.6. The molecule has 1 rings (SSSR count). The molecular weight excluding hydrogens is 379 g/mol. The van der Waals surface area contributed by atoms with Gasteiger partial charge in [-0.1, -0.05) is 6.92 Å². The number of hydrogen-bond acceptors (Lipinski definition) is 3. The van der Waals surface area contributed by atoms with E-state index in [0.717, 1.165) is 44.6 Å². The fourth-order valence-electron chi connectivity index (χ4n) is 2.59. The van der Waals surface area contributed by atoms with E-state index in [1.165, 1.54) is 32.5 Å². The van der Waals surface area contributed by atoms with E-state index in [1.54, 1.807) is 0 Å². The Morgan fingerprint density at radius 3 is 2.81 bits per heavy atom. The highest BCUT2D eigenvalue weighted by atomic mass is 127. The lowest BCUT2D eigenvalue weighted by atomic mass is 10.1. The first-order chi connectivity index (χ1) is 9.80. The molecule has 0 amide bonds. The summed E-state index contributed by atoms with van der Waals surface area (Å²) in [7, 11) is 1.83. The summed E-state index contributed by atoms with van der Waals surface area (Å²) in [5, 5.41) is 6.77. The van der Waals surface area contributed by atoms with Crippen LogP contribution < -0.4 is 10.6 Å². The fourth-order valence-corrected chi connectivity index (χ4v) is 2.59. The third-order valence-electron chi connectivity index (χ3n) is 3.65. The van der Waals surface area contributed by atoms with Gasteiger partial charge in [-0.3, -0.25) is 4.99 Å². The normalized spacial score (nSPS) is 19.4. The van der Waals surface area contributed by atoms with Gasteiger partial charge < -0.3 is 20.3 Å². The average Bonchev–Trinajstić information content (AvgIpc) is 2.90. The largest absolute Gasteiger partial charge is 0.382 e. The molecule has 2 N–H and O–H groups in total. The van der Waals surface area contributed by atoms with Gasteiger partial charge in [0.2, 0.25) is 0 Å². The van der Waals surface area contributed by atoms with E-state index in [9.17, 15) is 0 Å². The summed E-state index contributed by atoms with van der Waals surface area (Å²) >= 11 is 0. The van der Waals surface area contributed by atoms with Crippen molar-refractivity contribution in [1.29, 1.82) is 0 Å². The second-order valence-electron chi connectivity index (χ2n) is 5.39. The van der Waals surface area contributed by atoms with E-state index in [1.807, 2.05) is 14.0 Å². The van der Waals surface area contributed by atoms with Gasteiger partial charge in [0.05, 0.1) is 0 Å². The molecule has 0 bridgehead atoms. The van der Waals surface area contributed by atoms with Crippen LogP contribution in [-0.2, 0) is 4.74 Å². The standard InChI is InChI=1S/C15H32N4O.HI/c1-4-9-19-10-7-14(13-19)12-18-15(16-3)17-8-6-11-20-5-2;/h14H,4-13H2,1-3H3,(H2,16,17,18);1H. The van der Waals surface area contributed by atoms with Crippen molar-refractivity contribution < 1.29 is 4.74 Å². The summed E-state index contributed by atoms with van der Waals surface area (Å²) < 4.78 is 5.32. The Hall–Kier alpha value is -0.0800. The van der Waals surface area contributed by atoms with Gasteiger partial charge in [0.25, 0.3) is 0 Å². The second kappa shape index (κ2) is 13.6. The van der Waals surface area contributed by atoms with Gasteiger partial charge in [0.1, 0.15) is 0 Å². The Morgan fingerprint density at radius 1 is 1.33 bits per heavy atom. The molecule has 5 nitrogen and oxygen atoms in total. The Morgan fingerprint density at radius 2 is 2.14 bits per heavy atom. The first-order valence-corrected chi connectivity index (χ1v) is 8.04. The number of ether oxygens (including phenoxy) is 1. The Bertz CT molecular complexity index is 276. The lowest BCUT2D eigenvalue weighted by Crippen LogP contribution is -2.40. The number of nitrogens with one attached hydrogen (secondary N) is 2. The quantitative estimate of drug-likeness (QED) is 0.263. The fraction of sp³-hybridized carbons (Fsp3) is 0.933. The highest BCUT2D eigenvalue weighted by molar-refractivity contribution is 14.0. The summed E-state index contributed by atoms with van der Waals surface area (Å²) in [6.07, 6.45) is 3.57. The van der Waals surface area contributed by atoms with Crippen LogP contribution in [0, 0.1) is 5.92 Å². The van der Waals surface area contributed by atoms with Crippen molar-refractivity contribution in [3.05, 3.63) is 0 Å². The van der Waals surface area contributed by atoms with Crippen LogP contribution in [0.2, 0.25) is 0 Å². The molecule has 0 aromatic heterocycles. The van der Waals surface area contributed by atoms with Crippen LogP contribution in [0.1, 0.15) is 33.1 Å². The number of halogens is 1. The molecule has 1 unspecified atom stereocenters. The molecule has 0 saturated carbocycles. The van der Waals surface area contributed by atoms with Gasteiger partial charge in [-0.05, 0) is 45.2 Å². The van der Waals surface area contributed by atoms with E-state index in [2.05, 4.69) is 27.4 Å². The lowest BCUT2D eigenvalue weighted by molar-refractivity contribution is 0.145. The third-order valence-corrected chi connectivity index (χ3v) is 3.65. The molecule has 1 saturated heterocycles. The number of nitrogens with zero attached hydrogens (tertiary/aromatic N) is 2. The molecule has 0 radical (unpaired) electrons. The van der Waals surface area contributed by atoms with E-state index in [-0.39, 0.29) is 24.0 Å². The highest BCUT2D eigenvalue weighted by Crippen LogP contribution is 2.15. The summed E-state index contributed by atoms with van der Waals surface area (Å²) in [5.74, 6) is 1.67. The molecule has 21 heavy (non-hydrogen) atoms. The maximum Gasteiger partial charge on any atom is 0.190 e. The Labute approximate surface area is 147 Å². The maximum atomic E-state index is 5.32. The molecule has 0 aromatic rings. The summed E-state index contributed by atoms with van der Waals surface area (Å²) in [6.45, 7) is 11.5. The number of guanidine groups is 1. The molecule has 1 heterocycles. The molecule has 0 aliphatic carbocycles. The van der Waals surface area contributed by atoms with Gasteiger partial charge in [0, 0.05) is 39.9 Å². The van der Waals surface area contributed by atoms with Crippen molar-refractivity contribution in [2.75, 3.05) is 53.0 Å². The lowest BCUT2D eigenvalue weighted by Gasteiger charge is -2.17. The molecule has 1 atom stereocenters. The summed E-state index contributed by atoms with van der Waals surface area (Å²) in [5.41, 5.74) is 0. The predicted octanol–water partition coefficient (Wildman–Crippen LogP) is 1.93. The molecule has 6 heteroatoms. The smallest absolute Gasteiger partial charge is 0.190 e. The van der Waals surface area contributed by atoms with E-state index < -0.39 is 0 Å². The van der Waals surface area contributed by atoms with Crippen LogP contribution in [0.3, 0.4) is 0 Å². The second-order valence-corrected chi connectivity index (χ2v) is 5.39. The number of hydrogen-bond donors (Lipinski definition) is 2. The number of likely N-dealkylation sites (tertiary alicyclic amines) is 1. The van der Waals surface area contributed by atoms with Gasteiger partial charge >= 0.3 is 0 Å². The zero-order valence-electron chi connectivity index (χ0n) is 13.9.